The zero-order valence-corrected chi connectivity index (χ0v) is 17.0. The van der Waals surface area contributed by atoms with Gasteiger partial charge in [-0.2, -0.15) is 4.80 Å². The van der Waals surface area contributed by atoms with Crippen LogP contribution >= 0.6 is 11.6 Å². The molecule has 1 aliphatic heterocycles. The van der Waals surface area contributed by atoms with Gasteiger partial charge in [0.15, 0.2) is 5.82 Å². The number of likely N-dealkylation sites (tertiary alicyclic amines) is 1. The van der Waals surface area contributed by atoms with Gasteiger partial charge in [0.2, 0.25) is 17.6 Å². The van der Waals surface area contributed by atoms with Crippen LogP contribution < -0.4 is 5.32 Å². The molecule has 11 heteroatoms. The molecule has 1 N–H and O–H groups in total. The van der Waals surface area contributed by atoms with E-state index in [1.54, 1.807) is 42.2 Å². The summed E-state index contributed by atoms with van der Waals surface area (Å²) < 4.78 is 4.95. The largest absolute Gasteiger partial charge is 0.360 e. The number of hydrogen-bond donors (Lipinski definition) is 1. The zero-order chi connectivity index (χ0) is 21.1. The number of tetrazole rings is 1. The number of benzene rings is 1. The average Bonchev–Trinajstić information content (AvgIpc) is 3.37. The van der Waals surface area contributed by atoms with E-state index in [2.05, 4.69) is 25.9 Å². The van der Waals surface area contributed by atoms with Crippen LogP contribution in [0.4, 0.5) is 5.82 Å². The summed E-state index contributed by atoms with van der Waals surface area (Å²) in [4.78, 5) is 27.9. The third kappa shape index (κ3) is 4.65. The maximum atomic E-state index is 12.6. The highest BCUT2D eigenvalue weighted by Gasteiger charge is 2.28. The van der Waals surface area contributed by atoms with Gasteiger partial charge in [0.05, 0.1) is 0 Å². The molecular formula is C19H20ClN7O3. The first-order valence-corrected chi connectivity index (χ1v) is 9.91. The minimum absolute atomic E-state index is 0.00430. The number of anilines is 1. The predicted octanol–water partition coefficient (Wildman–Crippen LogP) is 2.17. The van der Waals surface area contributed by atoms with Gasteiger partial charge in [-0.1, -0.05) is 16.8 Å². The number of halogens is 1. The lowest BCUT2D eigenvalue weighted by molar-refractivity contribution is -0.135. The molecule has 3 heterocycles. The molecule has 2 aromatic heterocycles. The fourth-order valence-corrected chi connectivity index (χ4v) is 3.42. The number of hydrogen-bond acceptors (Lipinski definition) is 7. The second-order valence-corrected chi connectivity index (χ2v) is 7.55. The smallest absolute Gasteiger partial charge is 0.246 e. The Balaban J connectivity index is 1.28. The van der Waals surface area contributed by atoms with Gasteiger partial charge in [0.1, 0.15) is 12.3 Å². The van der Waals surface area contributed by atoms with Crippen LogP contribution in [0, 0.1) is 12.8 Å². The van der Waals surface area contributed by atoms with Crippen molar-refractivity contribution in [2.75, 3.05) is 18.4 Å². The van der Waals surface area contributed by atoms with Crippen LogP contribution in [-0.4, -0.2) is 55.2 Å². The summed E-state index contributed by atoms with van der Waals surface area (Å²) in [6, 6.07) is 8.74. The van der Waals surface area contributed by atoms with Crippen LogP contribution in [0.25, 0.3) is 11.4 Å². The van der Waals surface area contributed by atoms with Gasteiger partial charge >= 0.3 is 0 Å². The first-order chi connectivity index (χ1) is 14.5. The third-order valence-electron chi connectivity index (χ3n) is 4.93. The molecule has 0 atom stereocenters. The number of nitrogens with one attached hydrogen (secondary N) is 1. The summed E-state index contributed by atoms with van der Waals surface area (Å²) in [5, 5.41) is 19.3. The van der Waals surface area contributed by atoms with E-state index in [-0.39, 0.29) is 24.3 Å². The fourth-order valence-electron chi connectivity index (χ4n) is 3.29. The van der Waals surface area contributed by atoms with Crippen molar-refractivity contribution in [1.29, 1.82) is 0 Å². The van der Waals surface area contributed by atoms with E-state index < -0.39 is 0 Å². The lowest BCUT2D eigenvalue weighted by Crippen LogP contribution is -2.43. The molecule has 1 aliphatic rings. The highest BCUT2D eigenvalue weighted by molar-refractivity contribution is 6.30. The van der Waals surface area contributed by atoms with E-state index in [1.165, 1.54) is 4.80 Å². The third-order valence-corrected chi connectivity index (χ3v) is 5.18. The van der Waals surface area contributed by atoms with E-state index in [1.807, 2.05) is 0 Å². The van der Waals surface area contributed by atoms with E-state index in [0.29, 0.717) is 48.4 Å². The molecule has 2 amide bonds. The van der Waals surface area contributed by atoms with Crippen LogP contribution in [0.3, 0.4) is 0 Å². The summed E-state index contributed by atoms with van der Waals surface area (Å²) in [5.41, 5.74) is 0.771. The average molecular weight is 430 g/mol. The first kappa shape index (κ1) is 20.0. The first-order valence-electron chi connectivity index (χ1n) is 9.53. The summed E-state index contributed by atoms with van der Waals surface area (Å²) in [5.74, 6) is 1.07. The molecule has 156 valence electrons. The van der Waals surface area contributed by atoms with Gasteiger partial charge in [-0.15, -0.1) is 10.2 Å². The Labute approximate surface area is 177 Å². The molecule has 0 unspecified atom stereocenters. The number of nitrogens with zero attached hydrogens (tertiary/aromatic N) is 6. The molecule has 4 rings (SSSR count). The molecule has 0 aliphatic carbocycles. The van der Waals surface area contributed by atoms with Crippen LogP contribution in [0.15, 0.2) is 34.9 Å². The van der Waals surface area contributed by atoms with E-state index >= 15 is 0 Å². The van der Waals surface area contributed by atoms with Gasteiger partial charge in [0.25, 0.3) is 0 Å². The maximum absolute atomic E-state index is 12.6. The lowest BCUT2D eigenvalue weighted by atomic mass is 9.96. The summed E-state index contributed by atoms with van der Waals surface area (Å²) >= 11 is 5.89. The lowest BCUT2D eigenvalue weighted by Gasteiger charge is -2.31. The Hall–Kier alpha value is -3.27. The van der Waals surface area contributed by atoms with Crippen molar-refractivity contribution in [1.82, 2.24) is 30.3 Å². The molecule has 3 aromatic rings. The van der Waals surface area contributed by atoms with E-state index in [0.717, 1.165) is 5.56 Å². The highest BCUT2D eigenvalue weighted by atomic mass is 35.5. The van der Waals surface area contributed by atoms with Gasteiger partial charge in [0, 0.05) is 35.7 Å². The molecular weight excluding hydrogens is 410 g/mol. The monoisotopic (exact) mass is 429 g/mol. The molecule has 0 radical (unpaired) electrons. The number of aryl methyl sites for hydroxylation is 1. The zero-order valence-electron chi connectivity index (χ0n) is 16.3. The van der Waals surface area contributed by atoms with Crippen LogP contribution in [0.1, 0.15) is 18.6 Å². The van der Waals surface area contributed by atoms with E-state index in [4.69, 9.17) is 16.1 Å². The predicted molar refractivity (Wildman–Crippen MR) is 107 cm³/mol. The normalized spacial score (nSPS) is 14.7. The SMILES string of the molecule is Cc1cc(NC(=O)C2CCN(C(=O)Cn3nnc(-c4ccc(Cl)cc4)n3)CC2)no1. The number of carbonyl (C=O) groups excluding carboxylic acids is 2. The molecule has 1 saturated heterocycles. The molecule has 1 aromatic carbocycles. The van der Waals surface area contributed by atoms with Crippen LogP contribution in [-0.2, 0) is 16.1 Å². The number of amides is 2. The standard InChI is InChI=1S/C19H20ClN7O3/c1-12-10-16(24-30-12)21-19(29)14-6-8-26(9-7-14)17(28)11-27-23-18(22-25-27)13-2-4-15(20)5-3-13/h2-5,10,14H,6-9,11H2,1H3,(H,21,24,29). The maximum Gasteiger partial charge on any atom is 0.246 e. The van der Waals surface area contributed by atoms with Crippen molar-refractivity contribution < 1.29 is 14.1 Å². The molecule has 0 saturated carbocycles. The van der Waals surface area contributed by atoms with Gasteiger partial charge in [-0.05, 0) is 49.2 Å². The second kappa shape index (κ2) is 8.62. The highest BCUT2D eigenvalue weighted by Crippen LogP contribution is 2.20. The Morgan fingerprint density at radius 2 is 1.97 bits per heavy atom. The fraction of sp³-hybridized carbons (Fsp3) is 0.368. The Morgan fingerprint density at radius 3 is 2.63 bits per heavy atom. The van der Waals surface area contributed by atoms with Crippen molar-refractivity contribution in [2.45, 2.75) is 26.3 Å². The molecule has 30 heavy (non-hydrogen) atoms. The minimum Gasteiger partial charge on any atom is -0.360 e. The quantitative estimate of drug-likeness (QED) is 0.659. The molecule has 0 spiro atoms. The topological polar surface area (TPSA) is 119 Å². The number of rotatable bonds is 5. The number of carbonyl (C=O) groups is 2. The number of aromatic nitrogens is 5. The Morgan fingerprint density at radius 1 is 1.23 bits per heavy atom. The summed E-state index contributed by atoms with van der Waals surface area (Å²) in [7, 11) is 0. The van der Waals surface area contributed by atoms with Crippen molar-refractivity contribution >= 4 is 29.2 Å². The Kier molecular flexibility index (Phi) is 5.75. The molecule has 10 nitrogen and oxygen atoms in total. The molecule has 1 fully saturated rings. The van der Waals surface area contributed by atoms with E-state index in [9.17, 15) is 9.59 Å². The van der Waals surface area contributed by atoms with Crippen molar-refractivity contribution in [3.05, 3.63) is 41.1 Å². The van der Waals surface area contributed by atoms with Crippen molar-refractivity contribution in [3.8, 4) is 11.4 Å². The minimum atomic E-state index is -0.174. The second-order valence-electron chi connectivity index (χ2n) is 7.12. The summed E-state index contributed by atoms with van der Waals surface area (Å²) in [6.07, 6.45) is 1.16. The summed E-state index contributed by atoms with van der Waals surface area (Å²) in [6.45, 7) is 2.74. The van der Waals surface area contributed by atoms with Crippen LogP contribution in [0.5, 0.6) is 0 Å². The molecule has 0 bridgehead atoms. The van der Waals surface area contributed by atoms with Gasteiger partial charge in [-0.3, -0.25) is 9.59 Å². The number of piperidine rings is 1. The van der Waals surface area contributed by atoms with Gasteiger partial charge in [-0.25, -0.2) is 0 Å². The van der Waals surface area contributed by atoms with Crippen molar-refractivity contribution in [3.63, 3.8) is 0 Å². The van der Waals surface area contributed by atoms with Crippen molar-refractivity contribution in [2.24, 2.45) is 5.92 Å². The van der Waals surface area contributed by atoms with Gasteiger partial charge < -0.3 is 14.7 Å². The Bertz CT molecular complexity index is 1040. The van der Waals surface area contributed by atoms with Crippen LogP contribution in [0.2, 0.25) is 5.02 Å².